The molecule has 0 amide bonds. The summed E-state index contributed by atoms with van der Waals surface area (Å²) in [7, 11) is 2.04. The van der Waals surface area contributed by atoms with Crippen LogP contribution in [0.4, 0.5) is 21.6 Å². The molecular formula is C19H22FN3. The van der Waals surface area contributed by atoms with Crippen LogP contribution in [-0.2, 0) is 5.67 Å². The maximum atomic E-state index is 15.6. The highest BCUT2D eigenvalue weighted by Crippen LogP contribution is 2.55. The van der Waals surface area contributed by atoms with Crippen molar-refractivity contribution in [2.45, 2.75) is 39.5 Å². The maximum absolute atomic E-state index is 15.6. The third kappa shape index (κ3) is 1.78. The molecule has 0 saturated carbocycles. The molecule has 2 aliphatic rings. The van der Waals surface area contributed by atoms with E-state index in [1.807, 2.05) is 46.1 Å². The highest BCUT2D eigenvalue weighted by Gasteiger charge is 2.52. The predicted molar refractivity (Wildman–Crippen MR) is 92.1 cm³/mol. The highest BCUT2D eigenvalue weighted by molar-refractivity contribution is 5.84. The van der Waals surface area contributed by atoms with E-state index >= 15 is 4.39 Å². The number of halogens is 1. The van der Waals surface area contributed by atoms with Crippen molar-refractivity contribution in [2.24, 2.45) is 5.92 Å². The summed E-state index contributed by atoms with van der Waals surface area (Å²) in [6.07, 6.45) is 1.84. The average Bonchev–Trinajstić information content (AvgIpc) is 2.78. The van der Waals surface area contributed by atoms with Gasteiger partial charge in [0, 0.05) is 24.7 Å². The van der Waals surface area contributed by atoms with Crippen LogP contribution < -0.4 is 9.80 Å². The second-order valence-electron chi connectivity index (χ2n) is 7.13. The number of nitrogens with zero attached hydrogens (tertiary/aromatic N) is 3. The summed E-state index contributed by atoms with van der Waals surface area (Å²) in [5, 5.41) is 0. The van der Waals surface area contributed by atoms with Crippen molar-refractivity contribution in [1.29, 1.82) is 0 Å². The van der Waals surface area contributed by atoms with Gasteiger partial charge in [-0.05, 0) is 44.0 Å². The molecule has 3 heterocycles. The Hall–Kier alpha value is -2.10. The zero-order valence-electron chi connectivity index (χ0n) is 14.3. The van der Waals surface area contributed by atoms with Crippen molar-refractivity contribution in [3.63, 3.8) is 0 Å². The first-order valence-electron chi connectivity index (χ1n) is 8.11. The van der Waals surface area contributed by atoms with E-state index in [1.54, 1.807) is 6.92 Å². The lowest BCUT2D eigenvalue weighted by Crippen LogP contribution is -2.53. The lowest BCUT2D eigenvalue weighted by molar-refractivity contribution is 0.0867. The highest BCUT2D eigenvalue weighted by atomic mass is 19.1. The molecule has 4 rings (SSSR count). The standard InChI is InChI=1S/C19H22FN3/c1-11-6-7-14-15(8-11)23-17-16(9-12(2)10-21-17)22(5)18(23)13(3)19(14,4)20/h6-10,13,18H,1-5H3. The van der Waals surface area contributed by atoms with E-state index in [9.17, 15) is 0 Å². The van der Waals surface area contributed by atoms with E-state index in [-0.39, 0.29) is 12.1 Å². The Morgan fingerprint density at radius 2 is 1.83 bits per heavy atom. The minimum atomic E-state index is -1.37. The number of rotatable bonds is 0. The molecule has 120 valence electrons. The van der Waals surface area contributed by atoms with E-state index < -0.39 is 5.67 Å². The van der Waals surface area contributed by atoms with E-state index in [1.165, 1.54) is 0 Å². The third-order valence-electron chi connectivity index (χ3n) is 5.50. The molecule has 3 nitrogen and oxygen atoms in total. The second-order valence-corrected chi connectivity index (χ2v) is 7.13. The van der Waals surface area contributed by atoms with Crippen molar-refractivity contribution in [3.8, 4) is 0 Å². The van der Waals surface area contributed by atoms with Crippen LogP contribution in [0.25, 0.3) is 0 Å². The molecular weight excluding hydrogens is 289 g/mol. The predicted octanol–water partition coefficient (Wildman–Crippen LogP) is 4.45. The molecule has 0 radical (unpaired) electrons. The topological polar surface area (TPSA) is 19.4 Å². The zero-order valence-corrected chi connectivity index (χ0v) is 14.3. The number of benzene rings is 1. The second kappa shape index (κ2) is 4.47. The number of anilines is 3. The lowest BCUT2D eigenvalue weighted by Gasteiger charge is -2.46. The Morgan fingerprint density at radius 1 is 1.13 bits per heavy atom. The maximum Gasteiger partial charge on any atom is 0.158 e. The SMILES string of the molecule is Cc1cnc2c(c1)N(C)C1C(C)C(C)(F)c3ccc(C)cc3N21. The van der Waals surface area contributed by atoms with Crippen LogP contribution in [0.5, 0.6) is 0 Å². The van der Waals surface area contributed by atoms with Gasteiger partial charge < -0.3 is 9.80 Å². The Bertz CT molecular complexity index is 799. The summed E-state index contributed by atoms with van der Waals surface area (Å²) in [5.41, 5.74) is 3.67. The molecule has 0 aliphatic carbocycles. The van der Waals surface area contributed by atoms with Gasteiger partial charge in [0.2, 0.25) is 0 Å². The van der Waals surface area contributed by atoms with Gasteiger partial charge in [-0.25, -0.2) is 9.37 Å². The summed E-state index contributed by atoms with van der Waals surface area (Å²) in [4.78, 5) is 9.05. The number of fused-ring (bicyclic) bond motifs is 5. The Labute approximate surface area is 136 Å². The van der Waals surface area contributed by atoms with Gasteiger partial charge in [-0.1, -0.05) is 19.1 Å². The molecule has 1 aromatic carbocycles. The monoisotopic (exact) mass is 311 g/mol. The minimum Gasteiger partial charge on any atom is -0.351 e. The summed E-state index contributed by atoms with van der Waals surface area (Å²) >= 11 is 0. The molecule has 1 aromatic heterocycles. The van der Waals surface area contributed by atoms with Gasteiger partial charge in [0.1, 0.15) is 11.8 Å². The molecule has 23 heavy (non-hydrogen) atoms. The first kappa shape index (κ1) is 14.5. The Kier molecular flexibility index (Phi) is 2.81. The molecule has 4 heteroatoms. The number of hydrogen-bond donors (Lipinski definition) is 0. The number of hydrogen-bond acceptors (Lipinski definition) is 3. The molecule has 3 unspecified atom stereocenters. The molecule has 0 spiro atoms. The van der Waals surface area contributed by atoms with E-state index in [0.29, 0.717) is 0 Å². The van der Waals surface area contributed by atoms with Crippen LogP contribution in [-0.4, -0.2) is 18.2 Å². The fraction of sp³-hybridized carbons (Fsp3) is 0.421. The Balaban J connectivity index is 2.01. The van der Waals surface area contributed by atoms with Gasteiger partial charge in [-0.2, -0.15) is 0 Å². The Morgan fingerprint density at radius 3 is 2.57 bits per heavy atom. The van der Waals surface area contributed by atoms with Crippen molar-refractivity contribution in [1.82, 2.24) is 4.98 Å². The number of aryl methyl sites for hydroxylation is 2. The molecule has 3 atom stereocenters. The molecule has 0 fully saturated rings. The van der Waals surface area contributed by atoms with Gasteiger partial charge in [0.05, 0.1) is 11.4 Å². The summed E-state index contributed by atoms with van der Waals surface area (Å²) in [6.45, 7) is 7.79. The zero-order chi connectivity index (χ0) is 16.5. The van der Waals surface area contributed by atoms with Gasteiger partial charge in [-0.15, -0.1) is 0 Å². The summed E-state index contributed by atoms with van der Waals surface area (Å²) < 4.78 is 15.6. The number of pyridine rings is 1. The third-order valence-corrected chi connectivity index (χ3v) is 5.50. The molecule has 0 N–H and O–H groups in total. The van der Waals surface area contributed by atoms with Crippen LogP contribution in [0.3, 0.4) is 0 Å². The first-order valence-corrected chi connectivity index (χ1v) is 8.11. The molecule has 2 aliphatic heterocycles. The van der Waals surface area contributed by atoms with Gasteiger partial charge in [-0.3, -0.25) is 0 Å². The van der Waals surface area contributed by atoms with Crippen molar-refractivity contribution >= 4 is 17.2 Å². The van der Waals surface area contributed by atoms with Crippen LogP contribution in [0.2, 0.25) is 0 Å². The van der Waals surface area contributed by atoms with E-state index in [0.717, 1.165) is 33.9 Å². The largest absolute Gasteiger partial charge is 0.351 e. The van der Waals surface area contributed by atoms with E-state index in [2.05, 4.69) is 26.9 Å². The van der Waals surface area contributed by atoms with Crippen molar-refractivity contribution < 1.29 is 4.39 Å². The minimum absolute atomic E-state index is 0.0522. The fourth-order valence-electron chi connectivity index (χ4n) is 4.03. The van der Waals surface area contributed by atoms with Crippen LogP contribution in [0.15, 0.2) is 30.5 Å². The van der Waals surface area contributed by atoms with Gasteiger partial charge >= 0.3 is 0 Å². The fourth-order valence-corrected chi connectivity index (χ4v) is 4.03. The van der Waals surface area contributed by atoms with Gasteiger partial charge in [0.25, 0.3) is 0 Å². The average molecular weight is 311 g/mol. The first-order chi connectivity index (χ1) is 10.8. The van der Waals surface area contributed by atoms with Crippen molar-refractivity contribution in [2.75, 3.05) is 16.8 Å². The van der Waals surface area contributed by atoms with Crippen LogP contribution >= 0.6 is 0 Å². The lowest BCUT2D eigenvalue weighted by atomic mass is 9.78. The molecule has 2 aromatic rings. The number of aromatic nitrogens is 1. The summed E-state index contributed by atoms with van der Waals surface area (Å²) in [6, 6.07) is 8.14. The molecule has 0 saturated heterocycles. The number of alkyl halides is 1. The normalized spacial score (nSPS) is 28.4. The van der Waals surface area contributed by atoms with E-state index in [4.69, 9.17) is 0 Å². The van der Waals surface area contributed by atoms with Gasteiger partial charge in [0.15, 0.2) is 5.82 Å². The smallest absolute Gasteiger partial charge is 0.158 e. The van der Waals surface area contributed by atoms with Crippen molar-refractivity contribution in [3.05, 3.63) is 47.2 Å². The molecule has 0 bridgehead atoms. The van der Waals surface area contributed by atoms with Crippen LogP contribution in [0.1, 0.15) is 30.5 Å². The quantitative estimate of drug-likeness (QED) is 0.716. The van der Waals surface area contributed by atoms with Crippen LogP contribution in [0, 0.1) is 19.8 Å². The summed E-state index contributed by atoms with van der Waals surface area (Å²) in [5.74, 6) is 0.759.